The summed E-state index contributed by atoms with van der Waals surface area (Å²) in [5.74, 6) is -0.670. The standard InChI is InChI=1S/C8H16O2.Fe/c1-2-3-4-5-6-7-8(9)10;/h2-7H2,1H3,(H,9,10);/q;+2. The minimum absolute atomic E-state index is 0. The van der Waals surface area contributed by atoms with Gasteiger partial charge in [0.15, 0.2) is 0 Å². The average Bonchev–Trinajstić information content (AvgIpc) is 1.87. The van der Waals surface area contributed by atoms with Crippen molar-refractivity contribution in [1.29, 1.82) is 0 Å². The summed E-state index contributed by atoms with van der Waals surface area (Å²) < 4.78 is 0. The number of carboxylic acid groups (broad SMARTS) is 1. The molecule has 0 unspecified atom stereocenters. The summed E-state index contributed by atoms with van der Waals surface area (Å²) in [5.41, 5.74) is 0. The van der Waals surface area contributed by atoms with Gasteiger partial charge in [-0.15, -0.1) is 0 Å². The second kappa shape index (κ2) is 9.99. The minimum atomic E-state index is -0.670. The molecule has 0 aromatic rings. The molecule has 0 aliphatic carbocycles. The van der Waals surface area contributed by atoms with Gasteiger partial charge >= 0.3 is 23.0 Å². The summed E-state index contributed by atoms with van der Waals surface area (Å²) >= 11 is 0. The molecule has 0 amide bonds. The number of rotatable bonds is 6. The summed E-state index contributed by atoms with van der Waals surface area (Å²) in [5, 5.41) is 8.27. The van der Waals surface area contributed by atoms with E-state index in [1.54, 1.807) is 0 Å². The molecular weight excluding hydrogens is 184 g/mol. The van der Waals surface area contributed by atoms with Crippen LogP contribution in [0.1, 0.15) is 45.4 Å². The third-order valence-electron chi connectivity index (χ3n) is 1.49. The summed E-state index contributed by atoms with van der Waals surface area (Å²) in [7, 11) is 0. The van der Waals surface area contributed by atoms with Crippen LogP contribution < -0.4 is 0 Å². The Labute approximate surface area is 78.8 Å². The van der Waals surface area contributed by atoms with Crippen molar-refractivity contribution in [3.05, 3.63) is 0 Å². The third-order valence-corrected chi connectivity index (χ3v) is 1.49. The monoisotopic (exact) mass is 200 g/mol. The summed E-state index contributed by atoms with van der Waals surface area (Å²) in [4.78, 5) is 10.0. The van der Waals surface area contributed by atoms with E-state index in [1.807, 2.05) is 0 Å². The van der Waals surface area contributed by atoms with Gasteiger partial charge in [-0.2, -0.15) is 0 Å². The minimum Gasteiger partial charge on any atom is -0.481 e. The van der Waals surface area contributed by atoms with Crippen molar-refractivity contribution >= 4 is 5.97 Å². The number of carboxylic acids is 1. The fourth-order valence-corrected chi connectivity index (χ4v) is 0.880. The third kappa shape index (κ3) is 13.1. The molecule has 0 radical (unpaired) electrons. The first kappa shape index (κ1) is 13.6. The second-order valence-electron chi connectivity index (χ2n) is 2.56. The van der Waals surface area contributed by atoms with Gasteiger partial charge in [0.2, 0.25) is 0 Å². The van der Waals surface area contributed by atoms with Crippen molar-refractivity contribution in [2.24, 2.45) is 0 Å². The fourth-order valence-electron chi connectivity index (χ4n) is 0.880. The van der Waals surface area contributed by atoms with Crippen LogP contribution in [0.25, 0.3) is 0 Å². The van der Waals surface area contributed by atoms with Crippen LogP contribution >= 0.6 is 0 Å². The maximum Gasteiger partial charge on any atom is 2.00 e. The van der Waals surface area contributed by atoms with Crippen LogP contribution in [-0.4, -0.2) is 11.1 Å². The van der Waals surface area contributed by atoms with Crippen molar-refractivity contribution in [1.82, 2.24) is 0 Å². The van der Waals surface area contributed by atoms with Crippen molar-refractivity contribution in [3.63, 3.8) is 0 Å². The Morgan fingerprint density at radius 2 is 1.73 bits per heavy atom. The smallest absolute Gasteiger partial charge is 0.481 e. The largest absolute Gasteiger partial charge is 2.00 e. The van der Waals surface area contributed by atoms with E-state index in [4.69, 9.17) is 5.11 Å². The molecule has 0 aliphatic heterocycles. The SMILES string of the molecule is CCCCCCCC(=O)O.[Fe+2]. The van der Waals surface area contributed by atoms with Crippen LogP contribution in [0.15, 0.2) is 0 Å². The Morgan fingerprint density at radius 1 is 1.18 bits per heavy atom. The van der Waals surface area contributed by atoms with Crippen LogP contribution in [-0.2, 0) is 21.9 Å². The molecule has 0 fully saturated rings. The predicted molar refractivity (Wildman–Crippen MR) is 41.0 cm³/mol. The Morgan fingerprint density at radius 3 is 2.18 bits per heavy atom. The normalized spacial score (nSPS) is 8.82. The van der Waals surface area contributed by atoms with Gasteiger partial charge in [0.1, 0.15) is 0 Å². The van der Waals surface area contributed by atoms with E-state index in [1.165, 1.54) is 19.3 Å². The Hall–Kier alpha value is -0.0105. The Balaban J connectivity index is 0. The van der Waals surface area contributed by atoms with Gasteiger partial charge in [-0.3, -0.25) is 4.79 Å². The molecule has 0 aromatic carbocycles. The quantitative estimate of drug-likeness (QED) is 0.528. The van der Waals surface area contributed by atoms with Gasteiger partial charge < -0.3 is 5.11 Å². The zero-order valence-electron chi connectivity index (χ0n) is 6.95. The average molecular weight is 200 g/mol. The Bertz CT molecular complexity index is 94.1. The number of carbonyl (C=O) groups is 1. The van der Waals surface area contributed by atoms with E-state index in [0.717, 1.165) is 12.8 Å². The summed E-state index contributed by atoms with van der Waals surface area (Å²) in [6.45, 7) is 2.15. The van der Waals surface area contributed by atoms with E-state index < -0.39 is 5.97 Å². The van der Waals surface area contributed by atoms with Crippen molar-refractivity contribution in [2.45, 2.75) is 45.4 Å². The summed E-state index contributed by atoms with van der Waals surface area (Å²) in [6, 6.07) is 0. The number of hydrogen-bond acceptors (Lipinski definition) is 1. The molecule has 0 saturated heterocycles. The van der Waals surface area contributed by atoms with E-state index in [2.05, 4.69) is 6.92 Å². The van der Waals surface area contributed by atoms with Crippen LogP contribution in [0.4, 0.5) is 0 Å². The van der Waals surface area contributed by atoms with E-state index in [9.17, 15) is 4.79 Å². The molecule has 0 bridgehead atoms. The maximum absolute atomic E-state index is 10.0. The van der Waals surface area contributed by atoms with Crippen LogP contribution in [0, 0.1) is 0 Å². The zero-order chi connectivity index (χ0) is 7.82. The first-order chi connectivity index (χ1) is 4.77. The first-order valence-corrected chi connectivity index (χ1v) is 3.99. The topological polar surface area (TPSA) is 37.3 Å². The molecule has 1 N–H and O–H groups in total. The number of hydrogen-bond donors (Lipinski definition) is 1. The van der Waals surface area contributed by atoms with E-state index in [-0.39, 0.29) is 17.1 Å². The number of aliphatic carboxylic acids is 1. The molecule has 0 aliphatic rings. The fraction of sp³-hybridized carbons (Fsp3) is 0.875. The van der Waals surface area contributed by atoms with Crippen LogP contribution in [0.3, 0.4) is 0 Å². The Kier molecular flexibility index (Phi) is 12.3. The molecule has 66 valence electrons. The molecular formula is C8H16FeO2+2. The molecule has 0 aromatic heterocycles. The van der Waals surface area contributed by atoms with Gasteiger partial charge in [-0.1, -0.05) is 32.6 Å². The predicted octanol–water partition coefficient (Wildman–Crippen LogP) is 2.43. The van der Waals surface area contributed by atoms with E-state index >= 15 is 0 Å². The van der Waals surface area contributed by atoms with Crippen molar-refractivity contribution < 1.29 is 27.0 Å². The molecule has 11 heavy (non-hydrogen) atoms. The first-order valence-electron chi connectivity index (χ1n) is 3.99. The molecule has 0 atom stereocenters. The number of unbranched alkanes of at least 4 members (excludes halogenated alkanes) is 4. The molecule has 0 rings (SSSR count). The van der Waals surface area contributed by atoms with Crippen molar-refractivity contribution in [3.8, 4) is 0 Å². The van der Waals surface area contributed by atoms with Gasteiger partial charge in [0, 0.05) is 6.42 Å². The van der Waals surface area contributed by atoms with Gasteiger partial charge in [0.25, 0.3) is 0 Å². The van der Waals surface area contributed by atoms with E-state index in [0.29, 0.717) is 6.42 Å². The summed E-state index contributed by atoms with van der Waals surface area (Å²) in [6.07, 6.45) is 5.88. The molecule has 0 heterocycles. The molecule has 0 saturated carbocycles. The van der Waals surface area contributed by atoms with Gasteiger partial charge in [-0.25, -0.2) is 0 Å². The van der Waals surface area contributed by atoms with Crippen LogP contribution in [0.2, 0.25) is 0 Å². The molecule has 3 heteroatoms. The molecule has 0 spiro atoms. The van der Waals surface area contributed by atoms with Crippen molar-refractivity contribution in [2.75, 3.05) is 0 Å². The zero-order valence-corrected chi connectivity index (χ0v) is 8.06. The molecule has 2 nitrogen and oxygen atoms in total. The van der Waals surface area contributed by atoms with Gasteiger partial charge in [-0.05, 0) is 6.42 Å². The maximum atomic E-state index is 10.0. The second-order valence-corrected chi connectivity index (χ2v) is 2.56. The van der Waals surface area contributed by atoms with Gasteiger partial charge in [0.05, 0.1) is 0 Å². The van der Waals surface area contributed by atoms with Crippen LogP contribution in [0.5, 0.6) is 0 Å².